The summed E-state index contributed by atoms with van der Waals surface area (Å²) in [5.41, 5.74) is 4.32. The van der Waals surface area contributed by atoms with Crippen molar-refractivity contribution in [3.63, 3.8) is 0 Å². The molecule has 0 aliphatic rings. The number of rotatable bonds is 6. The molecule has 2 heteroatoms. The Morgan fingerprint density at radius 2 is 1.65 bits per heavy atom. The summed E-state index contributed by atoms with van der Waals surface area (Å²) in [4.78, 5) is 11.5. The van der Waals surface area contributed by atoms with Gasteiger partial charge in [-0.3, -0.25) is 4.79 Å². The van der Waals surface area contributed by atoms with E-state index in [1.54, 1.807) is 6.92 Å². The Kier molecular flexibility index (Phi) is 8.10. The summed E-state index contributed by atoms with van der Waals surface area (Å²) in [6, 6.07) is 14.1. The van der Waals surface area contributed by atoms with E-state index in [4.69, 9.17) is 4.74 Å². The van der Waals surface area contributed by atoms with E-state index in [1.165, 1.54) is 11.1 Å². The van der Waals surface area contributed by atoms with Gasteiger partial charge in [0.25, 0.3) is 0 Å². The Morgan fingerprint density at radius 1 is 0.957 bits per heavy atom. The number of Topliss-reactive ketones (excluding diaryl/α,β-unsaturated/α-hetero) is 1. The maximum atomic E-state index is 11.5. The van der Waals surface area contributed by atoms with Gasteiger partial charge in [0.05, 0.1) is 0 Å². The van der Waals surface area contributed by atoms with Gasteiger partial charge < -0.3 is 4.74 Å². The van der Waals surface area contributed by atoms with Crippen LogP contribution in [-0.2, 0) is 19.4 Å². The highest BCUT2D eigenvalue weighted by molar-refractivity contribution is 5.95. The summed E-state index contributed by atoms with van der Waals surface area (Å²) >= 11 is 0. The van der Waals surface area contributed by atoms with Crippen LogP contribution in [0.5, 0.6) is 5.75 Å². The van der Waals surface area contributed by atoms with Gasteiger partial charge in [-0.15, -0.1) is 0 Å². The molecule has 0 fully saturated rings. The van der Waals surface area contributed by atoms with Gasteiger partial charge in [-0.25, -0.2) is 0 Å². The Labute approximate surface area is 140 Å². The second kappa shape index (κ2) is 9.83. The SMILES string of the molecule is CC.CCc1cccc(COc2ccc(C(C)=O)c(CC)c2)c1. The van der Waals surface area contributed by atoms with Crippen molar-refractivity contribution < 1.29 is 9.53 Å². The van der Waals surface area contributed by atoms with Gasteiger partial charge in [-0.05, 0) is 54.7 Å². The number of ether oxygens (including phenoxy) is 1. The molecule has 0 unspecified atom stereocenters. The molecule has 23 heavy (non-hydrogen) atoms. The molecule has 0 N–H and O–H groups in total. The van der Waals surface area contributed by atoms with Crippen LogP contribution in [0, 0.1) is 0 Å². The Balaban J connectivity index is 0.00000127. The van der Waals surface area contributed by atoms with Crippen molar-refractivity contribution >= 4 is 5.78 Å². The topological polar surface area (TPSA) is 26.3 Å². The molecule has 0 atom stereocenters. The molecule has 0 bridgehead atoms. The van der Waals surface area contributed by atoms with Gasteiger partial charge in [0.2, 0.25) is 0 Å². The van der Waals surface area contributed by atoms with Crippen LogP contribution in [0.15, 0.2) is 42.5 Å². The maximum Gasteiger partial charge on any atom is 0.160 e. The summed E-state index contributed by atoms with van der Waals surface area (Å²) in [7, 11) is 0. The normalized spacial score (nSPS) is 9.78. The lowest BCUT2D eigenvalue weighted by atomic mass is 10.0. The van der Waals surface area contributed by atoms with Crippen LogP contribution in [0.4, 0.5) is 0 Å². The molecule has 0 radical (unpaired) electrons. The van der Waals surface area contributed by atoms with Crippen molar-refractivity contribution in [3.05, 3.63) is 64.7 Å². The first-order chi connectivity index (χ1) is 11.1. The second-order valence-corrected chi connectivity index (χ2v) is 5.19. The standard InChI is InChI=1S/C19H22O2.C2H6/c1-4-15-7-6-8-16(11-15)13-21-18-9-10-19(14(3)20)17(5-2)12-18;1-2/h6-12H,4-5,13H2,1-3H3;1-2H3. The Bertz CT molecular complexity index is 629. The van der Waals surface area contributed by atoms with E-state index in [-0.39, 0.29) is 5.78 Å². The average Bonchev–Trinajstić information content (AvgIpc) is 2.61. The lowest BCUT2D eigenvalue weighted by Crippen LogP contribution is -2.01. The maximum absolute atomic E-state index is 11.5. The number of aryl methyl sites for hydroxylation is 2. The molecule has 0 heterocycles. The Hall–Kier alpha value is -2.09. The molecule has 2 aromatic rings. The molecule has 124 valence electrons. The van der Waals surface area contributed by atoms with E-state index in [0.717, 1.165) is 29.7 Å². The van der Waals surface area contributed by atoms with Crippen LogP contribution in [0.2, 0.25) is 0 Å². The predicted octanol–water partition coefficient (Wildman–Crippen LogP) is 5.62. The zero-order valence-corrected chi connectivity index (χ0v) is 15.0. The minimum absolute atomic E-state index is 0.106. The second-order valence-electron chi connectivity index (χ2n) is 5.19. The van der Waals surface area contributed by atoms with Gasteiger partial charge in [0.15, 0.2) is 5.78 Å². The minimum atomic E-state index is 0.106. The van der Waals surface area contributed by atoms with Crippen molar-refractivity contribution in [2.75, 3.05) is 0 Å². The first kappa shape index (κ1) is 19.0. The van der Waals surface area contributed by atoms with Gasteiger partial charge in [0, 0.05) is 5.56 Å². The van der Waals surface area contributed by atoms with Crippen molar-refractivity contribution in [1.82, 2.24) is 0 Å². The third-order valence-electron chi connectivity index (χ3n) is 3.64. The third kappa shape index (κ3) is 5.55. The molecule has 0 aliphatic heterocycles. The molecule has 0 saturated carbocycles. The van der Waals surface area contributed by atoms with E-state index in [0.29, 0.717) is 6.61 Å². The van der Waals surface area contributed by atoms with E-state index in [2.05, 4.69) is 38.1 Å². The van der Waals surface area contributed by atoms with Crippen LogP contribution < -0.4 is 4.74 Å². The van der Waals surface area contributed by atoms with Crippen LogP contribution in [0.3, 0.4) is 0 Å². The predicted molar refractivity (Wildman–Crippen MR) is 97.3 cm³/mol. The van der Waals surface area contributed by atoms with Gasteiger partial charge >= 0.3 is 0 Å². The quantitative estimate of drug-likeness (QED) is 0.647. The van der Waals surface area contributed by atoms with Gasteiger partial charge in [-0.1, -0.05) is 52.0 Å². The number of hydrogen-bond donors (Lipinski definition) is 0. The molecular formula is C21H28O2. The molecule has 0 saturated heterocycles. The fourth-order valence-electron chi connectivity index (χ4n) is 2.40. The molecule has 2 nitrogen and oxygen atoms in total. The molecule has 2 aromatic carbocycles. The van der Waals surface area contributed by atoms with E-state index in [1.807, 2.05) is 32.0 Å². The van der Waals surface area contributed by atoms with Crippen molar-refractivity contribution in [1.29, 1.82) is 0 Å². The summed E-state index contributed by atoms with van der Waals surface area (Å²) in [5.74, 6) is 0.924. The monoisotopic (exact) mass is 312 g/mol. The number of hydrogen-bond acceptors (Lipinski definition) is 2. The van der Waals surface area contributed by atoms with Crippen LogP contribution in [0.25, 0.3) is 0 Å². The molecule has 0 spiro atoms. The zero-order valence-electron chi connectivity index (χ0n) is 15.0. The van der Waals surface area contributed by atoms with Gasteiger partial charge in [-0.2, -0.15) is 0 Å². The highest BCUT2D eigenvalue weighted by Crippen LogP contribution is 2.20. The van der Waals surface area contributed by atoms with Crippen LogP contribution in [-0.4, -0.2) is 5.78 Å². The molecule has 2 rings (SSSR count). The third-order valence-corrected chi connectivity index (χ3v) is 3.64. The summed E-state index contributed by atoms with van der Waals surface area (Å²) in [6.45, 7) is 10.4. The molecule has 0 amide bonds. The van der Waals surface area contributed by atoms with Gasteiger partial charge in [0.1, 0.15) is 12.4 Å². The van der Waals surface area contributed by atoms with Crippen molar-refractivity contribution in [3.8, 4) is 5.75 Å². The first-order valence-corrected chi connectivity index (χ1v) is 8.48. The number of benzene rings is 2. The fraction of sp³-hybridized carbons (Fsp3) is 0.381. The molecule has 0 aromatic heterocycles. The van der Waals surface area contributed by atoms with Crippen molar-refractivity contribution in [2.24, 2.45) is 0 Å². The van der Waals surface area contributed by atoms with Crippen LogP contribution >= 0.6 is 0 Å². The highest BCUT2D eigenvalue weighted by Gasteiger charge is 2.07. The van der Waals surface area contributed by atoms with E-state index >= 15 is 0 Å². The smallest absolute Gasteiger partial charge is 0.160 e. The minimum Gasteiger partial charge on any atom is -0.489 e. The summed E-state index contributed by atoms with van der Waals surface area (Å²) < 4.78 is 5.86. The Morgan fingerprint density at radius 3 is 2.26 bits per heavy atom. The molecular weight excluding hydrogens is 284 g/mol. The number of ketones is 1. The zero-order chi connectivity index (χ0) is 17.2. The van der Waals surface area contributed by atoms with Crippen LogP contribution in [0.1, 0.15) is 61.7 Å². The first-order valence-electron chi connectivity index (χ1n) is 8.48. The fourth-order valence-corrected chi connectivity index (χ4v) is 2.40. The summed E-state index contributed by atoms with van der Waals surface area (Å²) in [6.07, 6.45) is 1.86. The number of carbonyl (C=O) groups is 1. The average molecular weight is 312 g/mol. The lowest BCUT2D eigenvalue weighted by Gasteiger charge is -2.11. The largest absolute Gasteiger partial charge is 0.489 e. The van der Waals surface area contributed by atoms with Crippen molar-refractivity contribution in [2.45, 2.75) is 54.1 Å². The van der Waals surface area contributed by atoms with E-state index < -0.39 is 0 Å². The number of carbonyl (C=O) groups excluding carboxylic acids is 1. The summed E-state index contributed by atoms with van der Waals surface area (Å²) in [5, 5.41) is 0. The highest BCUT2D eigenvalue weighted by atomic mass is 16.5. The van der Waals surface area contributed by atoms with E-state index in [9.17, 15) is 4.79 Å². The lowest BCUT2D eigenvalue weighted by molar-refractivity contribution is 0.101. The molecule has 0 aliphatic carbocycles.